The average molecular weight is 368 g/mol. The first-order valence-electron chi connectivity index (χ1n) is 9.11. The SMILES string of the molecule is CCN1CCN(c2ccc(NC(=O)c3ccc(C)c([N+](=O)[O-])c3)cc2)CC1. The minimum atomic E-state index is -0.473. The number of hydrogen-bond acceptors (Lipinski definition) is 5. The molecule has 3 rings (SSSR count). The van der Waals surface area contributed by atoms with Crippen molar-refractivity contribution in [1.82, 2.24) is 4.90 Å². The number of aryl methyl sites for hydroxylation is 1. The predicted molar refractivity (Wildman–Crippen MR) is 107 cm³/mol. The largest absolute Gasteiger partial charge is 0.369 e. The third kappa shape index (κ3) is 4.43. The van der Waals surface area contributed by atoms with Crippen LogP contribution in [0.3, 0.4) is 0 Å². The molecule has 142 valence electrons. The van der Waals surface area contributed by atoms with E-state index < -0.39 is 4.92 Å². The number of nitrogens with one attached hydrogen (secondary N) is 1. The second kappa shape index (κ2) is 8.18. The molecule has 1 saturated heterocycles. The summed E-state index contributed by atoms with van der Waals surface area (Å²) >= 11 is 0. The number of benzene rings is 2. The lowest BCUT2D eigenvalue weighted by molar-refractivity contribution is -0.385. The summed E-state index contributed by atoms with van der Waals surface area (Å²) in [7, 11) is 0. The highest BCUT2D eigenvalue weighted by Gasteiger charge is 2.17. The minimum Gasteiger partial charge on any atom is -0.369 e. The molecule has 1 N–H and O–H groups in total. The second-order valence-electron chi connectivity index (χ2n) is 6.68. The summed E-state index contributed by atoms with van der Waals surface area (Å²) in [5.74, 6) is -0.359. The van der Waals surface area contributed by atoms with Gasteiger partial charge in [-0.2, -0.15) is 0 Å². The van der Waals surface area contributed by atoms with Crippen LogP contribution in [0.4, 0.5) is 17.1 Å². The zero-order valence-electron chi connectivity index (χ0n) is 15.6. The molecule has 0 unspecified atom stereocenters. The van der Waals surface area contributed by atoms with Gasteiger partial charge in [-0.1, -0.05) is 13.0 Å². The van der Waals surface area contributed by atoms with Gasteiger partial charge >= 0.3 is 0 Å². The Balaban J connectivity index is 1.65. The number of nitrogens with zero attached hydrogens (tertiary/aromatic N) is 3. The van der Waals surface area contributed by atoms with Crippen LogP contribution in [0.15, 0.2) is 42.5 Å². The van der Waals surface area contributed by atoms with Crippen LogP contribution >= 0.6 is 0 Å². The molecular formula is C20H24N4O3. The van der Waals surface area contributed by atoms with Gasteiger partial charge in [-0.3, -0.25) is 14.9 Å². The first-order valence-corrected chi connectivity index (χ1v) is 9.11. The third-order valence-corrected chi connectivity index (χ3v) is 4.98. The Morgan fingerprint density at radius 2 is 1.78 bits per heavy atom. The zero-order valence-corrected chi connectivity index (χ0v) is 15.6. The van der Waals surface area contributed by atoms with Crippen LogP contribution in [0.5, 0.6) is 0 Å². The smallest absolute Gasteiger partial charge is 0.273 e. The van der Waals surface area contributed by atoms with Crippen LogP contribution < -0.4 is 10.2 Å². The third-order valence-electron chi connectivity index (χ3n) is 4.98. The molecule has 1 aliphatic rings. The number of nitro groups is 1. The maximum atomic E-state index is 12.4. The highest BCUT2D eigenvalue weighted by molar-refractivity contribution is 6.04. The van der Waals surface area contributed by atoms with Crippen molar-refractivity contribution in [3.8, 4) is 0 Å². The molecule has 27 heavy (non-hydrogen) atoms. The molecule has 0 aromatic heterocycles. The van der Waals surface area contributed by atoms with Gasteiger partial charge in [0, 0.05) is 54.7 Å². The number of nitro benzene ring substituents is 1. The standard InChI is InChI=1S/C20H24N4O3/c1-3-22-10-12-23(13-11-22)18-8-6-17(7-9-18)21-20(25)16-5-4-15(2)19(14-16)24(26)27/h4-9,14H,3,10-13H2,1-2H3,(H,21,25). The Hall–Kier alpha value is -2.93. The van der Waals surface area contributed by atoms with E-state index in [4.69, 9.17) is 0 Å². The quantitative estimate of drug-likeness (QED) is 0.647. The zero-order chi connectivity index (χ0) is 19.4. The van der Waals surface area contributed by atoms with Gasteiger partial charge in [0.05, 0.1) is 4.92 Å². The van der Waals surface area contributed by atoms with Gasteiger partial charge < -0.3 is 15.1 Å². The number of likely N-dealkylation sites (N-methyl/N-ethyl adjacent to an activating group) is 1. The molecular weight excluding hydrogens is 344 g/mol. The van der Waals surface area contributed by atoms with E-state index in [0.29, 0.717) is 11.3 Å². The summed E-state index contributed by atoms with van der Waals surface area (Å²) in [4.78, 5) is 27.7. The summed E-state index contributed by atoms with van der Waals surface area (Å²) in [5, 5.41) is 13.9. The van der Waals surface area contributed by atoms with Crippen LogP contribution in [0.2, 0.25) is 0 Å². The summed E-state index contributed by atoms with van der Waals surface area (Å²) in [6.45, 7) is 9.01. The molecule has 0 bridgehead atoms. The van der Waals surface area contributed by atoms with E-state index in [0.717, 1.165) is 38.4 Å². The normalized spacial score (nSPS) is 14.8. The predicted octanol–water partition coefficient (Wildman–Crippen LogP) is 3.30. The van der Waals surface area contributed by atoms with Gasteiger partial charge in [0.15, 0.2) is 0 Å². The van der Waals surface area contributed by atoms with Gasteiger partial charge in [0.1, 0.15) is 0 Å². The van der Waals surface area contributed by atoms with Gasteiger partial charge in [-0.25, -0.2) is 0 Å². The van der Waals surface area contributed by atoms with Crippen LogP contribution in [0.25, 0.3) is 0 Å². The molecule has 0 atom stereocenters. The van der Waals surface area contributed by atoms with Crippen molar-refractivity contribution in [3.05, 3.63) is 63.7 Å². The fraction of sp³-hybridized carbons (Fsp3) is 0.350. The van der Waals surface area contributed by atoms with Crippen LogP contribution in [-0.4, -0.2) is 48.5 Å². The Labute approximate surface area is 158 Å². The molecule has 7 heteroatoms. The number of anilines is 2. The Bertz CT molecular complexity index is 828. The Morgan fingerprint density at radius 3 is 2.37 bits per heavy atom. The molecule has 2 aromatic carbocycles. The van der Waals surface area contributed by atoms with Gasteiger partial charge in [-0.15, -0.1) is 0 Å². The van der Waals surface area contributed by atoms with Gasteiger partial charge in [0.2, 0.25) is 0 Å². The summed E-state index contributed by atoms with van der Waals surface area (Å²) in [5.41, 5.74) is 2.55. The molecule has 0 aliphatic carbocycles. The van der Waals surface area contributed by atoms with Gasteiger partial charge in [-0.05, 0) is 43.8 Å². The van der Waals surface area contributed by atoms with Crippen molar-refractivity contribution >= 4 is 23.0 Å². The summed E-state index contributed by atoms with van der Waals surface area (Å²) < 4.78 is 0. The molecule has 7 nitrogen and oxygen atoms in total. The molecule has 1 aliphatic heterocycles. The maximum absolute atomic E-state index is 12.4. The number of carbonyl (C=O) groups is 1. The monoisotopic (exact) mass is 368 g/mol. The van der Waals surface area contributed by atoms with Crippen LogP contribution in [-0.2, 0) is 0 Å². The number of rotatable bonds is 5. The number of piperazine rings is 1. The van der Waals surface area contributed by atoms with Crippen molar-refractivity contribution < 1.29 is 9.72 Å². The Morgan fingerprint density at radius 1 is 1.11 bits per heavy atom. The fourth-order valence-corrected chi connectivity index (χ4v) is 3.23. The molecule has 1 amide bonds. The van der Waals surface area contributed by atoms with E-state index in [1.165, 1.54) is 6.07 Å². The molecule has 0 spiro atoms. The first kappa shape index (κ1) is 18.8. The molecule has 0 radical (unpaired) electrons. The average Bonchev–Trinajstić information content (AvgIpc) is 2.68. The van der Waals surface area contributed by atoms with Gasteiger partial charge in [0.25, 0.3) is 11.6 Å². The minimum absolute atomic E-state index is 0.0516. The van der Waals surface area contributed by atoms with E-state index in [1.807, 2.05) is 24.3 Å². The van der Waals surface area contributed by atoms with Crippen molar-refractivity contribution in [3.63, 3.8) is 0 Å². The lowest BCUT2D eigenvalue weighted by Crippen LogP contribution is -2.46. The van der Waals surface area contributed by atoms with E-state index in [-0.39, 0.29) is 17.2 Å². The van der Waals surface area contributed by atoms with Crippen molar-refractivity contribution in [1.29, 1.82) is 0 Å². The van der Waals surface area contributed by atoms with E-state index in [9.17, 15) is 14.9 Å². The van der Waals surface area contributed by atoms with E-state index >= 15 is 0 Å². The summed E-state index contributed by atoms with van der Waals surface area (Å²) in [6.07, 6.45) is 0. The van der Waals surface area contributed by atoms with Crippen LogP contribution in [0.1, 0.15) is 22.8 Å². The van der Waals surface area contributed by atoms with Crippen molar-refractivity contribution in [2.75, 3.05) is 42.9 Å². The molecule has 1 heterocycles. The maximum Gasteiger partial charge on any atom is 0.273 e. The Kier molecular flexibility index (Phi) is 5.71. The molecule has 1 fully saturated rings. The second-order valence-corrected chi connectivity index (χ2v) is 6.68. The first-order chi connectivity index (χ1) is 13.0. The van der Waals surface area contributed by atoms with Crippen LogP contribution in [0, 0.1) is 17.0 Å². The number of hydrogen-bond donors (Lipinski definition) is 1. The van der Waals surface area contributed by atoms with Crippen molar-refractivity contribution in [2.45, 2.75) is 13.8 Å². The van der Waals surface area contributed by atoms with Crippen molar-refractivity contribution in [2.24, 2.45) is 0 Å². The van der Waals surface area contributed by atoms with E-state index in [1.54, 1.807) is 19.1 Å². The molecule has 0 saturated carbocycles. The topological polar surface area (TPSA) is 78.7 Å². The fourth-order valence-electron chi connectivity index (χ4n) is 3.23. The summed E-state index contributed by atoms with van der Waals surface area (Å²) in [6, 6.07) is 12.2. The highest BCUT2D eigenvalue weighted by Crippen LogP contribution is 2.22. The lowest BCUT2D eigenvalue weighted by atomic mass is 10.1. The highest BCUT2D eigenvalue weighted by atomic mass is 16.6. The number of amides is 1. The lowest BCUT2D eigenvalue weighted by Gasteiger charge is -2.35. The number of carbonyl (C=O) groups excluding carboxylic acids is 1. The van der Waals surface area contributed by atoms with E-state index in [2.05, 4.69) is 22.0 Å². The molecule has 2 aromatic rings.